The molecule has 0 radical (unpaired) electrons. The van der Waals surface area contributed by atoms with Crippen LogP contribution in [0.4, 0.5) is 4.39 Å². The zero-order valence-electron chi connectivity index (χ0n) is 7.86. The Hall–Kier alpha value is -1.03. The molecule has 14 heavy (non-hydrogen) atoms. The first-order valence-corrected chi connectivity index (χ1v) is 4.92. The lowest BCUT2D eigenvalue weighted by Gasteiger charge is -2.25. The summed E-state index contributed by atoms with van der Waals surface area (Å²) >= 11 is 0. The first-order valence-electron chi connectivity index (χ1n) is 4.92. The van der Waals surface area contributed by atoms with E-state index >= 15 is 0 Å². The van der Waals surface area contributed by atoms with E-state index in [1.54, 1.807) is 0 Å². The van der Waals surface area contributed by atoms with Crippen LogP contribution in [0.25, 0.3) is 0 Å². The fourth-order valence-corrected chi connectivity index (χ4v) is 2.02. The van der Waals surface area contributed by atoms with Gasteiger partial charge in [-0.1, -0.05) is 6.42 Å². The van der Waals surface area contributed by atoms with Crippen molar-refractivity contribution in [2.75, 3.05) is 0 Å². The van der Waals surface area contributed by atoms with Crippen molar-refractivity contribution in [3.8, 4) is 0 Å². The van der Waals surface area contributed by atoms with Gasteiger partial charge in [-0.25, -0.2) is 4.98 Å². The van der Waals surface area contributed by atoms with Crippen molar-refractivity contribution >= 4 is 0 Å². The van der Waals surface area contributed by atoms with E-state index < -0.39 is 5.95 Å². The summed E-state index contributed by atoms with van der Waals surface area (Å²) in [5, 5.41) is 9.46. The Morgan fingerprint density at radius 3 is 2.79 bits per heavy atom. The van der Waals surface area contributed by atoms with E-state index in [1.165, 1.54) is 12.4 Å². The van der Waals surface area contributed by atoms with Crippen LogP contribution in [0, 0.1) is 5.95 Å². The molecule has 2 unspecified atom stereocenters. The lowest BCUT2D eigenvalue weighted by atomic mass is 9.85. The molecule has 1 fully saturated rings. The molecule has 76 valence electrons. The van der Waals surface area contributed by atoms with Crippen molar-refractivity contribution in [3.63, 3.8) is 0 Å². The molecular formula is C10H13FN2O. The van der Waals surface area contributed by atoms with E-state index in [4.69, 9.17) is 0 Å². The predicted octanol–water partition coefficient (Wildman–Crippen LogP) is 1.63. The Bertz CT molecular complexity index is 319. The van der Waals surface area contributed by atoms with Gasteiger partial charge in [-0.3, -0.25) is 4.98 Å². The third kappa shape index (κ3) is 1.90. The summed E-state index contributed by atoms with van der Waals surface area (Å²) in [7, 11) is 0. The summed E-state index contributed by atoms with van der Waals surface area (Å²) in [6.45, 7) is 0. The average molecular weight is 196 g/mol. The van der Waals surface area contributed by atoms with Crippen LogP contribution in [-0.4, -0.2) is 21.2 Å². The quantitative estimate of drug-likeness (QED) is 0.742. The van der Waals surface area contributed by atoms with Gasteiger partial charge in [0.2, 0.25) is 5.95 Å². The molecule has 0 aliphatic heterocycles. The molecule has 1 aliphatic rings. The first-order chi connectivity index (χ1) is 6.77. The van der Waals surface area contributed by atoms with Crippen LogP contribution >= 0.6 is 0 Å². The first kappa shape index (κ1) is 9.52. The summed E-state index contributed by atoms with van der Waals surface area (Å²) in [4.78, 5) is 7.56. The van der Waals surface area contributed by atoms with Crippen molar-refractivity contribution < 1.29 is 9.50 Å². The molecule has 1 heterocycles. The topological polar surface area (TPSA) is 46.0 Å². The molecule has 2 rings (SSSR count). The third-order valence-electron chi connectivity index (χ3n) is 2.71. The number of halogens is 1. The number of hydrogen-bond acceptors (Lipinski definition) is 3. The van der Waals surface area contributed by atoms with Crippen molar-refractivity contribution in [1.82, 2.24) is 9.97 Å². The highest BCUT2D eigenvalue weighted by Crippen LogP contribution is 2.32. The molecule has 1 N–H and O–H groups in total. The second-order valence-corrected chi connectivity index (χ2v) is 3.75. The Balaban J connectivity index is 2.18. The molecule has 0 spiro atoms. The van der Waals surface area contributed by atoms with Crippen LogP contribution in [0.3, 0.4) is 0 Å². The number of rotatable bonds is 1. The van der Waals surface area contributed by atoms with E-state index in [-0.39, 0.29) is 12.0 Å². The molecule has 1 aliphatic carbocycles. The summed E-state index contributed by atoms with van der Waals surface area (Å²) in [6.07, 6.45) is 5.79. The lowest BCUT2D eigenvalue weighted by molar-refractivity contribution is 0.117. The molecule has 0 bridgehead atoms. The molecule has 2 atom stereocenters. The molecule has 1 aromatic heterocycles. The molecule has 0 aromatic carbocycles. The average Bonchev–Trinajstić information content (AvgIpc) is 2.18. The Morgan fingerprint density at radius 2 is 2.07 bits per heavy atom. The standard InChI is InChI=1S/C10H13FN2O/c11-10-9(12-4-5-13-10)7-2-1-3-8(14)6-7/h4-5,7-8,14H,1-3,6H2. The van der Waals surface area contributed by atoms with Crippen LogP contribution in [0.2, 0.25) is 0 Å². The molecule has 1 saturated carbocycles. The highest BCUT2D eigenvalue weighted by atomic mass is 19.1. The Morgan fingerprint density at radius 1 is 1.29 bits per heavy atom. The van der Waals surface area contributed by atoms with Gasteiger partial charge in [0.1, 0.15) is 0 Å². The van der Waals surface area contributed by atoms with Gasteiger partial charge in [0, 0.05) is 18.3 Å². The van der Waals surface area contributed by atoms with Gasteiger partial charge in [-0.2, -0.15) is 4.39 Å². The maximum Gasteiger partial charge on any atom is 0.234 e. The van der Waals surface area contributed by atoms with E-state index in [1.807, 2.05) is 0 Å². The lowest BCUT2D eigenvalue weighted by Crippen LogP contribution is -2.20. The van der Waals surface area contributed by atoms with Crippen LogP contribution in [-0.2, 0) is 0 Å². The SMILES string of the molecule is OC1CCCC(c2nccnc2F)C1. The smallest absolute Gasteiger partial charge is 0.234 e. The minimum absolute atomic E-state index is 0.0347. The van der Waals surface area contributed by atoms with Crippen LogP contribution in [0.5, 0.6) is 0 Å². The van der Waals surface area contributed by atoms with Crippen LogP contribution in [0.1, 0.15) is 37.3 Å². The summed E-state index contributed by atoms with van der Waals surface area (Å²) in [5.41, 5.74) is 0.409. The number of nitrogens with zero attached hydrogens (tertiary/aromatic N) is 2. The van der Waals surface area contributed by atoms with E-state index in [0.717, 1.165) is 19.3 Å². The zero-order valence-corrected chi connectivity index (χ0v) is 7.86. The zero-order chi connectivity index (χ0) is 9.97. The summed E-state index contributed by atoms with van der Waals surface area (Å²) < 4.78 is 13.2. The van der Waals surface area contributed by atoms with Gasteiger partial charge in [0.05, 0.1) is 11.8 Å². The fraction of sp³-hybridized carbons (Fsp3) is 0.600. The van der Waals surface area contributed by atoms with Crippen molar-refractivity contribution in [2.24, 2.45) is 0 Å². The predicted molar refractivity (Wildman–Crippen MR) is 49.2 cm³/mol. The van der Waals surface area contributed by atoms with Gasteiger partial charge in [-0.05, 0) is 19.3 Å². The fourth-order valence-electron chi connectivity index (χ4n) is 2.02. The van der Waals surface area contributed by atoms with E-state index in [2.05, 4.69) is 9.97 Å². The van der Waals surface area contributed by atoms with Gasteiger partial charge in [0.25, 0.3) is 0 Å². The maximum absolute atomic E-state index is 13.2. The monoisotopic (exact) mass is 196 g/mol. The van der Waals surface area contributed by atoms with E-state index in [0.29, 0.717) is 12.1 Å². The Labute approximate surface area is 82.0 Å². The highest BCUT2D eigenvalue weighted by Gasteiger charge is 2.25. The van der Waals surface area contributed by atoms with Gasteiger partial charge in [0.15, 0.2) is 0 Å². The van der Waals surface area contributed by atoms with Crippen molar-refractivity contribution in [1.29, 1.82) is 0 Å². The molecule has 3 nitrogen and oxygen atoms in total. The largest absolute Gasteiger partial charge is 0.393 e. The molecule has 4 heteroatoms. The Kier molecular flexibility index (Phi) is 2.72. The summed E-state index contributed by atoms with van der Waals surface area (Å²) in [5.74, 6) is -0.459. The number of aliphatic hydroxyl groups excluding tert-OH is 1. The number of aromatic nitrogens is 2. The van der Waals surface area contributed by atoms with E-state index in [9.17, 15) is 9.50 Å². The van der Waals surface area contributed by atoms with Crippen molar-refractivity contribution in [2.45, 2.75) is 37.7 Å². The van der Waals surface area contributed by atoms with Gasteiger partial charge in [-0.15, -0.1) is 0 Å². The minimum atomic E-state index is -0.494. The number of hydrogen-bond donors (Lipinski definition) is 1. The minimum Gasteiger partial charge on any atom is -0.393 e. The second kappa shape index (κ2) is 4.00. The normalized spacial score (nSPS) is 27.6. The van der Waals surface area contributed by atoms with Crippen molar-refractivity contribution in [3.05, 3.63) is 24.0 Å². The molecular weight excluding hydrogens is 183 g/mol. The van der Waals surface area contributed by atoms with Crippen LogP contribution < -0.4 is 0 Å². The summed E-state index contributed by atoms with van der Waals surface area (Å²) in [6, 6.07) is 0. The van der Waals surface area contributed by atoms with Gasteiger partial charge < -0.3 is 5.11 Å². The molecule has 0 saturated heterocycles. The molecule has 1 aromatic rings. The van der Waals surface area contributed by atoms with Crippen LogP contribution in [0.15, 0.2) is 12.4 Å². The highest BCUT2D eigenvalue weighted by molar-refractivity contribution is 5.07. The third-order valence-corrected chi connectivity index (χ3v) is 2.71. The second-order valence-electron chi connectivity index (χ2n) is 3.75. The van der Waals surface area contributed by atoms with Gasteiger partial charge >= 0.3 is 0 Å². The molecule has 0 amide bonds. The maximum atomic E-state index is 13.2. The number of aliphatic hydroxyl groups is 1.